The van der Waals surface area contributed by atoms with Crippen LogP contribution in [0.15, 0.2) is 18.2 Å². The Kier molecular flexibility index (Phi) is 5.88. The first kappa shape index (κ1) is 18.7. The number of likely N-dealkylation sites (tertiary alicyclic amines) is 1. The maximum atomic E-state index is 12.4. The van der Waals surface area contributed by atoms with E-state index in [1.54, 1.807) is 4.90 Å². The van der Waals surface area contributed by atoms with Gasteiger partial charge in [-0.15, -0.1) is 0 Å². The molecular weight excluding hydrogens is 306 g/mol. The van der Waals surface area contributed by atoms with Crippen molar-refractivity contribution in [2.24, 2.45) is 0 Å². The first-order chi connectivity index (χ1) is 11.2. The molecule has 0 bridgehead atoms. The maximum Gasteiger partial charge on any atom is 0.410 e. The van der Waals surface area contributed by atoms with E-state index < -0.39 is 11.7 Å². The molecule has 1 fully saturated rings. The zero-order valence-corrected chi connectivity index (χ0v) is 15.1. The van der Waals surface area contributed by atoms with E-state index in [0.29, 0.717) is 13.0 Å². The molecule has 5 nitrogen and oxygen atoms in total. The molecule has 0 radical (unpaired) electrons. The minimum Gasteiger partial charge on any atom is -0.444 e. The molecule has 0 saturated carbocycles. The highest BCUT2D eigenvalue weighted by atomic mass is 16.6. The van der Waals surface area contributed by atoms with Crippen molar-refractivity contribution in [2.75, 3.05) is 13.2 Å². The second-order valence-corrected chi connectivity index (χ2v) is 7.50. The molecule has 1 amide bonds. The monoisotopic (exact) mass is 335 g/mol. The molecule has 1 aromatic carbocycles. The third-order valence-corrected chi connectivity index (χ3v) is 4.29. The van der Waals surface area contributed by atoms with Crippen LogP contribution in [0.4, 0.5) is 4.79 Å². The largest absolute Gasteiger partial charge is 0.444 e. The van der Waals surface area contributed by atoms with Crippen molar-refractivity contribution in [3.05, 3.63) is 34.9 Å². The lowest BCUT2D eigenvalue weighted by Crippen LogP contribution is -2.42. The van der Waals surface area contributed by atoms with Crippen molar-refractivity contribution in [2.45, 2.75) is 64.7 Å². The van der Waals surface area contributed by atoms with Gasteiger partial charge >= 0.3 is 6.09 Å². The Morgan fingerprint density at radius 3 is 2.75 bits per heavy atom. The summed E-state index contributed by atoms with van der Waals surface area (Å²) in [4.78, 5) is 14.1. The molecule has 0 aromatic heterocycles. The zero-order chi connectivity index (χ0) is 17.9. The van der Waals surface area contributed by atoms with Gasteiger partial charge in [-0.2, -0.15) is 0 Å². The van der Waals surface area contributed by atoms with E-state index in [1.807, 2.05) is 45.9 Å². The standard InChI is InChI=1S/C19H29NO4/c1-13-7-8-15(14(12-13)9-11-21)17(22)16-6-5-10-20(16)18(23)24-19(2,3)4/h7-8,12,16-17,21-22H,5-6,9-11H2,1-4H3/t16-,17?/m1/s1. The number of carbonyl (C=O) groups is 1. The molecule has 2 atom stereocenters. The van der Waals surface area contributed by atoms with Gasteiger partial charge in [0.15, 0.2) is 0 Å². The predicted octanol–water partition coefficient (Wildman–Crippen LogP) is 2.96. The molecule has 1 aliphatic rings. The molecule has 0 spiro atoms. The summed E-state index contributed by atoms with van der Waals surface area (Å²) in [5.41, 5.74) is 2.25. The van der Waals surface area contributed by atoms with E-state index in [0.717, 1.165) is 29.5 Å². The summed E-state index contributed by atoms with van der Waals surface area (Å²) in [6, 6.07) is 5.55. The second kappa shape index (κ2) is 7.53. The number of hydrogen-bond acceptors (Lipinski definition) is 4. The topological polar surface area (TPSA) is 70.0 Å². The first-order valence-electron chi connectivity index (χ1n) is 8.61. The average Bonchev–Trinajstić information content (AvgIpc) is 2.95. The van der Waals surface area contributed by atoms with Crippen molar-refractivity contribution in [3.63, 3.8) is 0 Å². The number of benzene rings is 1. The average molecular weight is 335 g/mol. The Morgan fingerprint density at radius 1 is 1.42 bits per heavy atom. The van der Waals surface area contributed by atoms with Crippen LogP contribution in [0.25, 0.3) is 0 Å². The number of aliphatic hydroxyl groups excluding tert-OH is 2. The lowest BCUT2D eigenvalue weighted by molar-refractivity contribution is 0.00472. The lowest BCUT2D eigenvalue weighted by atomic mass is 9.93. The molecule has 1 aromatic rings. The van der Waals surface area contributed by atoms with E-state index >= 15 is 0 Å². The van der Waals surface area contributed by atoms with Gasteiger partial charge in [0, 0.05) is 13.2 Å². The highest BCUT2D eigenvalue weighted by Gasteiger charge is 2.37. The lowest BCUT2D eigenvalue weighted by Gasteiger charge is -2.32. The van der Waals surface area contributed by atoms with Gasteiger partial charge in [-0.1, -0.05) is 23.8 Å². The molecule has 134 valence electrons. The first-order valence-corrected chi connectivity index (χ1v) is 8.61. The van der Waals surface area contributed by atoms with Crippen LogP contribution in [-0.2, 0) is 11.2 Å². The zero-order valence-electron chi connectivity index (χ0n) is 15.1. The van der Waals surface area contributed by atoms with Crippen molar-refractivity contribution in [1.82, 2.24) is 4.90 Å². The molecule has 0 aliphatic carbocycles. The second-order valence-electron chi connectivity index (χ2n) is 7.50. The highest BCUT2D eigenvalue weighted by molar-refractivity contribution is 5.69. The number of aliphatic hydroxyl groups is 2. The molecule has 24 heavy (non-hydrogen) atoms. The van der Waals surface area contributed by atoms with E-state index in [-0.39, 0.29) is 18.7 Å². The molecule has 1 heterocycles. The number of rotatable bonds is 4. The Hall–Kier alpha value is -1.59. The summed E-state index contributed by atoms with van der Waals surface area (Å²) in [7, 11) is 0. The summed E-state index contributed by atoms with van der Waals surface area (Å²) in [5.74, 6) is 0. The van der Waals surface area contributed by atoms with Crippen molar-refractivity contribution >= 4 is 6.09 Å². The van der Waals surface area contributed by atoms with E-state index in [1.165, 1.54) is 0 Å². The Balaban J connectivity index is 2.22. The number of hydrogen-bond donors (Lipinski definition) is 2. The Bertz CT molecular complexity index is 579. The third-order valence-electron chi connectivity index (χ3n) is 4.29. The van der Waals surface area contributed by atoms with Crippen LogP contribution < -0.4 is 0 Å². The van der Waals surface area contributed by atoms with Crippen molar-refractivity contribution in [3.8, 4) is 0 Å². The minimum atomic E-state index is -0.776. The van der Waals surface area contributed by atoms with Gasteiger partial charge < -0.3 is 19.8 Å². The molecule has 1 saturated heterocycles. The number of aryl methyl sites for hydroxylation is 1. The third kappa shape index (κ3) is 4.48. The van der Waals surface area contributed by atoms with Crippen LogP contribution in [-0.4, -0.2) is 46.0 Å². The fourth-order valence-electron chi connectivity index (χ4n) is 3.24. The minimum absolute atomic E-state index is 0.0314. The summed E-state index contributed by atoms with van der Waals surface area (Å²) in [6.07, 6.45) is 0.935. The quantitative estimate of drug-likeness (QED) is 0.887. The van der Waals surface area contributed by atoms with Gasteiger partial charge in [0.2, 0.25) is 0 Å². The van der Waals surface area contributed by atoms with Gasteiger partial charge in [0.1, 0.15) is 5.60 Å². The fourth-order valence-corrected chi connectivity index (χ4v) is 3.24. The highest BCUT2D eigenvalue weighted by Crippen LogP contribution is 2.32. The molecular formula is C19H29NO4. The van der Waals surface area contributed by atoms with Crippen LogP contribution in [0.3, 0.4) is 0 Å². The number of carbonyl (C=O) groups excluding carboxylic acids is 1. The molecule has 2 rings (SSSR count). The van der Waals surface area contributed by atoms with E-state index in [4.69, 9.17) is 4.74 Å². The SMILES string of the molecule is Cc1ccc(C(O)[C@H]2CCCN2C(=O)OC(C)(C)C)c(CCO)c1. The fraction of sp³-hybridized carbons (Fsp3) is 0.632. The van der Waals surface area contributed by atoms with Crippen LogP contribution in [0.1, 0.15) is 56.4 Å². The molecule has 1 unspecified atom stereocenters. The molecule has 5 heteroatoms. The maximum absolute atomic E-state index is 12.4. The number of ether oxygens (including phenoxy) is 1. The smallest absolute Gasteiger partial charge is 0.410 e. The van der Waals surface area contributed by atoms with Crippen LogP contribution in [0.5, 0.6) is 0 Å². The van der Waals surface area contributed by atoms with Gasteiger partial charge in [0.05, 0.1) is 12.1 Å². The number of amides is 1. The Morgan fingerprint density at radius 2 is 2.12 bits per heavy atom. The predicted molar refractivity (Wildman–Crippen MR) is 92.9 cm³/mol. The van der Waals surface area contributed by atoms with E-state index in [2.05, 4.69) is 0 Å². The van der Waals surface area contributed by atoms with Crippen molar-refractivity contribution < 1.29 is 19.7 Å². The molecule has 1 aliphatic heterocycles. The van der Waals surface area contributed by atoms with Gasteiger partial charge in [-0.25, -0.2) is 4.79 Å². The van der Waals surface area contributed by atoms with Gasteiger partial charge in [-0.05, 0) is 58.1 Å². The summed E-state index contributed by atoms with van der Waals surface area (Å²) in [6.45, 7) is 8.13. The summed E-state index contributed by atoms with van der Waals surface area (Å²) >= 11 is 0. The van der Waals surface area contributed by atoms with Crippen LogP contribution in [0.2, 0.25) is 0 Å². The number of nitrogens with zero attached hydrogens (tertiary/aromatic N) is 1. The van der Waals surface area contributed by atoms with Crippen molar-refractivity contribution in [1.29, 1.82) is 0 Å². The molecule has 2 N–H and O–H groups in total. The normalized spacial score (nSPS) is 19.4. The van der Waals surface area contributed by atoms with Crippen LogP contribution in [0, 0.1) is 6.92 Å². The van der Waals surface area contributed by atoms with Gasteiger partial charge in [-0.3, -0.25) is 0 Å². The van der Waals surface area contributed by atoms with E-state index in [9.17, 15) is 15.0 Å². The van der Waals surface area contributed by atoms with Gasteiger partial charge in [0.25, 0.3) is 0 Å². The Labute approximate surface area is 144 Å². The summed E-state index contributed by atoms with van der Waals surface area (Å²) < 4.78 is 5.47. The van der Waals surface area contributed by atoms with Crippen LogP contribution >= 0.6 is 0 Å². The summed E-state index contributed by atoms with van der Waals surface area (Å²) in [5, 5.41) is 20.2.